The van der Waals surface area contributed by atoms with Crippen LogP contribution in [0, 0.1) is 0 Å². The van der Waals surface area contributed by atoms with Crippen molar-refractivity contribution in [2.75, 3.05) is 13.1 Å². The summed E-state index contributed by atoms with van der Waals surface area (Å²) in [6.07, 6.45) is -1.36. The second-order valence-electron chi connectivity index (χ2n) is 6.97. The smallest absolute Gasteiger partial charge is 0.349 e. The van der Waals surface area contributed by atoms with Gasteiger partial charge >= 0.3 is 6.18 Å². The lowest BCUT2D eigenvalue weighted by Crippen LogP contribution is -2.46. The fourth-order valence-electron chi connectivity index (χ4n) is 3.49. The van der Waals surface area contributed by atoms with Gasteiger partial charge in [0.15, 0.2) is 5.41 Å². The van der Waals surface area contributed by atoms with Crippen LogP contribution >= 0.6 is 0 Å². The number of likely N-dealkylation sites (tertiary alicyclic amines) is 1. The first-order chi connectivity index (χ1) is 13.9. The van der Waals surface area contributed by atoms with Gasteiger partial charge in [0.1, 0.15) is 5.82 Å². The van der Waals surface area contributed by atoms with E-state index in [0.29, 0.717) is 17.8 Å². The highest BCUT2D eigenvalue weighted by Crippen LogP contribution is 2.47. The Morgan fingerprint density at radius 2 is 2.07 bits per heavy atom. The van der Waals surface area contributed by atoms with Crippen LogP contribution in [-0.2, 0) is 16.6 Å². The molecule has 1 amide bonds. The van der Waals surface area contributed by atoms with Crippen molar-refractivity contribution in [3.05, 3.63) is 54.4 Å². The Labute approximate surface area is 163 Å². The maximum Gasteiger partial charge on any atom is 0.405 e. The zero-order valence-electron chi connectivity index (χ0n) is 15.3. The quantitative estimate of drug-likeness (QED) is 0.705. The number of imidazole rings is 1. The van der Waals surface area contributed by atoms with Crippen LogP contribution in [0.5, 0.6) is 0 Å². The molecule has 1 aliphatic heterocycles. The normalized spacial score (nSPS) is 19.6. The van der Waals surface area contributed by atoms with E-state index >= 15 is 0 Å². The van der Waals surface area contributed by atoms with Gasteiger partial charge in [-0.1, -0.05) is 35.5 Å². The third kappa shape index (κ3) is 3.62. The van der Waals surface area contributed by atoms with Crippen LogP contribution in [0.3, 0.4) is 0 Å². The number of carbonyl (C=O) groups excluding carboxylic acids is 1. The van der Waals surface area contributed by atoms with Crippen molar-refractivity contribution in [1.82, 2.24) is 25.0 Å². The molecule has 3 aromatic rings. The van der Waals surface area contributed by atoms with Crippen LogP contribution in [0.25, 0.3) is 11.4 Å². The van der Waals surface area contributed by atoms with Gasteiger partial charge in [0.2, 0.25) is 17.6 Å². The average molecular weight is 405 g/mol. The van der Waals surface area contributed by atoms with Crippen molar-refractivity contribution in [2.24, 2.45) is 0 Å². The topological polar surface area (TPSA) is 87.9 Å². The fraction of sp³-hybridized carbons (Fsp3) is 0.368. The molecule has 1 N–H and O–H groups in total. The Morgan fingerprint density at radius 3 is 2.76 bits per heavy atom. The van der Waals surface area contributed by atoms with Crippen molar-refractivity contribution in [3.8, 4) is 11.4 Å². The molecule has 1 aliphatic rings. The van der Waals surface area contributed by atoms with Gasteiger partial charge in [-0.15, -0.1) is 0 Å². The Kier molecular flexibility index (Phi) is 4.85. The number of nitrogens with one attached hydrogen (secondary N) is 1. The number of carbonyl (C=O) groups is 1. The minimum absolute atomic E-state index is 0.0282. The number of H-pyrrole nitrogens is 1. The van der Waals surface area contributed by atoms with Crippen LogP contribution in [0.1, 0.15) is 24.6 Å². The third-order valence-electron chi connectivity index (χ3n) is 5.16. The monoisotopic (exact) mass is 405 g/mol. The molecule has 3 heterocycles. The van der Waals surface area contributed by atoms with Gasteiger partial charge in [-0.25, -0.2) is 4.98 Å². The number of hydrogen-bond donors (Lipinski definition) is 1. The Balaban J connectivity index is 1.54. The minimum Gasteiger partial charge on any atom is -0.349 e. The standard InChI is InChI=1S/C19H18F3N5O2/c20-19(21,22)18(17-25-16(26-29-17)13-4-2-1-3-5-13)8-11-27(12-18)15(28)7-6-14-23-9-10-24-14/h1-5,9-10H,6-8,11-12H2,(H,23,24). The predicted molar refractivity (Wildman–Crippen MR) is 95.6 cm³/mol. The number of benzene rings is 1. The van der Waals surface area contributed by atoms with E-state index in [9.17, 15) is 18.0 Å². The highest BCUT2D eigenvalue weighted by Gasteiger charge is 2.63. The van der Waals surface area contributed by atoms with Crippen molar-refractivity contribution < 1.29 is 22.5 Å². The zero-order chi connectivity index (χ0) is 20.5. The van der Waals surface area contributed by atoms with E-state index in [1.807, 2.05) is 0 Å². The molecule has 1 aromatic carbocycles. The third-order valence-corrected chi connectivity index (χ3v) is 5.16. The molecule has 2 aromatic heterocycles. The largest absolute Gasteiger partial charge is 0.405 e. The van der Waals surface area contributed by atoms with Crippen molar-refractivity contribution in [2.45, 2.75) is 30.9 Å². The van der Waals surface area contributed by atoms with Crippen LogP contribution < -0.4 is 0 Å². The van der Waals surface area contributed by atoms with Gasteiger partial charge in [0.05, 0.1) is 0 Å². The SMILES string of the molecule is O=C(CCc1ncc[nH]1)N1CCC(c2nc(-c3ccccc3)no2)(C(F)(F)F)C1. The predicted octanol–water partition coefficient (Wildman–Crippen LogP) is 3.12. The number of rotatable bonds is 5. The van der Waals surface area contributed by atoms with E-state index in [4.69, 9.17) is 4.52 Å². The Morgan fingerprint density at radius 1 is 1.28 bits per heavy atom. The van der Waals surface area contributed by atoms with E-state index < -0.39 is 24.0 Å². The molecular weight excluding hydrogens is 387 g/mol. The molecule has 10 heteroatoms. The Hall–Kier alpha value is -3.17. The number of alkyl halides is 3. The number of aromatic nitrogens is 4. The number of aromatic amines is 1. The van der Waals surface area contributed by atoms with Gasteiger partial charge in [-0.05, 0) is 6.42 Å². The lowest BCUT2D eigenvalue weighted by molar-refractivity contribution is -0.193. The molecule has 1 saturated heterocycles. The first-order valence-electron chi connectivity index (χ1n) is 9.11. The fourth-order valence-corrected chi connectivity index (χ4v) is 3.49. The molecule has 0 bridgehead atoms. The highest BCUT2D eigenvalue weighted by molar-refractivity contribution is 5.77. The van der Waals surface area contributed by atoms with E-state index in [-0.39, 0.29) is 31.1 Å². The van der Waals surface area contributed by atoms with Crippen molar-refractivity contribution in [3.63, 3.8) is 0 Å². The number of aryl methyl sites for hydroxylation is 1. The molecule has 7 nitrogen and oxygen atoms in total. The Bertz CT molecular complexity index is 971. The molecule has 0 saturated carbocycles. The van der Waals surface area contributed by atoms with E-state index in [2.05, 4.69) is 20.1 Å². The van der Waals surface area contributed by atoms with Gasteiger partial charge in [-0.2, -0.15) is 18.2 Å². The summed E-state index contributed by atoms with van der Waals surface area (Å²) in [6, 6.07) is 8.63. The first-order valence-corrected chi connectivity index (χ1v) is 9.11. The molecule has 0 aliphatic carbocycles. The van der Waals surface area contributed by atoms with Crippen LogP contribution in [-0.4, -0.2) is 50.2 Å². The lowest BCUT2D eigenvalue weighted by Gasteiger charge is -2.28. The summed E-state index contributed by atoms with van der Waals surface area (Å²) >= 11 is 0. The second kappa shape index (κ2) is 7.34. The molecule has 1 atom stereocenters. The summed E-state index contributed by atoms with van der Waals surface area (Å²) in [5.41, 5.74) is -1.81. The number of amides is 1. The van der Waals surface area contributed by atoms with Crippen LogP contribution in [0.4, 0.5) is 13.2 Å². The summed E-state index contributed by atoms with van der Waals surface area (Å²) in [5.74, 6) is -0.170. The van der Waals surface area contributed by atoms with Gasteiger partial charge in [0, 0.05) is 43.9 Å². The van der Waals surface area contributed by atoms with Crippen LogP contribution in [0.2, 0.25) is 0 Å². The van der Waals surface area contributed by atoms with Gasteiger partial charge in [0.25, 0.3) is 0 Å². The molecule has 4 rings (SSSR count). The number of halogens is 3. The number of nitrogens with zero attached hydrogens (tertiary/aromatic N) is 4. The summed E-state index contributed by atoms with van der Waals surface area (Å²) in [4.78, 5) is 24.6. The minimum atomic E-state index is -4.64. The molecule has 0 spiro atoms. The zero-order valence-corrected chi connectivity index (χ0v) is 15.3. The molecule has 29 heavy (non-hydrogen) atoms. The molecule has 1 fully saturated rings. The van der Waals surface area contributed by atoms with Crippen molar-refractivity contribution in [1.29, 1.82) is 0 Å². The molecular formula is C19H18F3N5O2. The first kappa shape index (κ1) is 19.2. The van der Waals surface area contributed by atoms with Crippen LogP contribution in [0.15, 0.2) is 47.2 Å². The highest BCUT2D eigenvalue weighted by atomic mass is 19.4. The maximum atomic E-state index is 14.1. The molecule has 1 unspecified atom stereocenters. The van der Waals surface area contributed by atoms with E-state index in [0.717, 1.165) is 0 Å². The van der Waals surface area contributed by atoms with Gasteiger partial charge in [-0.3, -0.25) is 4.79 Å². The summed E-state index contributed by atoms with van der Waals surface area (Å²) in [7, 11) is 0. The average Bonchev–Trinajstić information content (AvgIpc) is 3.47. The molecule has 0 radical (unpaired) electrons. The number of hydrogen-bond acceptors (Lipinski definition) is 5. The van der Waals surface area contributed by atoms with E-state index in [1.165, 1.54) is 4.90 Å². The van der Waals surface area contributed by atoms with Crippen molar-refractivity contribution >= 4 is 5.91 Å². The van der Waals surface area contributed by atoms with E-state index in [1.54, 1.807) is 42.7 Å². The molecule has 152 valence electrons. The summed E-state index contributed by atoms with van der Waals surface area (Å²) < 4.78 is 47.3. The van der Waals surface area contributed by atoms with Gasteiger partial charge < -0.3 is 14.4 Å². The second-order valence-corrected chi connectivity index (χ2v) is 6.97. The summed E-state index contributed by atoms with van der Waals surface area (Å²) in [5, 5.41) is 3.73. The lowest BCUT2D eigenvalue weighted by atomic mass is 9.86. The maximum absolute atomic E-state index is 14.1. The summed E-state index contributed by atoms with van der Waals surface area (Å²) in [6.45, 7) is -0.566.